The molecule has 2 fully saturated rings. The number of carbonyl (C=O) groups excluding carboxylic acids is 1. The molecule has 1 N–H and O–H groups in total. The van der Waals surface area contributed by atoms with Gasteiger partial charge >= 0.3 is 0 Å². The lowest BCUT2D eigenvalue weighted by atomic mass is 10.2. The third-order valence-electron chi connectivity index (χ3n) is 4.21. The molecule has 0 atom stereocenters. The molecule has 0 bridgehead atoms. The summed E-state index contributed by atoms with van der Waals surface area (Å²) in [5.41, 5.74) is 2.65. The number of benzene rings is 1. The highest BCUT2D eigenvalue weighted by Gasteiger charge is 2.29. The van der Waals surface area contributed by atoms with Gasteiger partial charge in [0.1, 0.15) is 5.69 Å². The van der Waals surface area contributed by atoms with Crippen LogP contribution in [0, 0.1) is 5.92 Å². The zero-order chi connectivity index (χ0) is 14.2. The average molecular weight is 281 g/mol. The standard InChI is InChI=1S/C17H19N3O/c21-17(18-11-12-6-7-12)16-10-15(13-8-9-13)19-20(16)14-4-2-1-3-5-14/h1-5,10,12-13H,6-9,11H2,(H,18,21). The van der Waals surface area contributed by atoms with Gasteiger partial charge in [0.25, 0.3) is 5.91 Å². The van der Waals surface area contributed by atoms with Crippen molar-refractivity contribution in [2.75, 3.05) is 6.54 Å². The lowest BCUT2D eigenvalue weighted by Crippen LogP contribution is -2.27. The Morgan fingerprint density at radius 1 is 1.19 bits per heavy atom. The van der Waals surface area contributed by atoms with Crippen molar-refractivity contribution in [2.24, 2.45) is 5.92 Å². The maximum absolute atomic E-state index is 12.5. The number of amides is 1. The fourth-order valence-corrected chi connectivity index (χ4v) is 2.56. The first-order chi connectivity index (χ1) is 10.3. The van der Waals surface area contributed by atoms with Gasteiger partial charge in [0, 0.05) is 12.5 Å². The largest absolute Gasteiger partial charge is 0.350 e. The molecule has 1 amide bonds. The Bertz CT molecular complexity index is 654. The molecule has 0 aliphatic heterocycles. The maximum Gasteiger partial charge on any atom is 0.270 e. The Morgan fingerprint density at radius 3 is 2.62 bits per heavy atom. The van der Waals surface area contributed by atoms with Crippen LogP contribution in [0.5, 0.6) is 0 Å². The minimum absolute atomic E-state index is 0.00912. The second-order valence-electron chi connectivity index (χ2n) is 6.13. The summed E-state index contributed by atoms with van der Waals surface area (Å²) in [6, 6.07) is 11.9. The molecule has 108 valence electrons. The van der Waals surface area contributed by atoms with Crippen molar-refractivity contribution in [3.8, 4) is 5.69 Å². The second kappa shape index (κ2) is 5.02. The second-order valence-corrected chi connectivity index (χ2v) is 6.13. The summed E-state index contributed by atoms with van der Waals surface area (Å²) in [5.74, 6) is 1.22. The van der Waals surface area contributed by atoms with Gasteiger partial charge in [-0.1, -0.05) is 18.2 Å². The van der Waals surface area contributed by atoms with Gasteiger partial charge in [0.15, 0.2) is 0 Å². The Balaban J connectivity index is 1.64. The molecule has 0 spiro atoms. The van der Waals surface area contributed by atoms with Crippen molar-refractivity contribution in [2.45, 2.75) is 31.6 Å². The smallest absolute Gasteiger partial charge is 0.270 e. The molecule has 0 radical (unpaired) electrons. The summed E-state index contributed by atoms with van der Waals surface area (Å²) in [7, 11) is 0. The lowest BCUT2D eigenvalue weighted by molar-refractivity contribution is 0.0944. The van der Waals surface area contributed by atoms with E-state index < -0.39 is 0 Å². The molecule has 2 aliphatic carbocycles. The van der Waals surface area contributed by atoms with Gasteiger partial charge < -0.3 is 5.32 Å². The number of carbonyl (C=O) groups is 1. The van der Waals surface area contributed by atoms with Crippen LogP contribution in [0.25, 0.3) is 5.69 Å². The van der Waals surface area contributed by atoms with E-state index in [1.165, 1.54) is 25.7 Å². The van der Waals surface area contributed by atoms with Crippen LogP contribution in [-0.4, -0.2) is 22.2 Å². The Labute approximate surface area is 124 Å². The number of hydrogen-bond acceptors (Lipinski definition) is 2. The molecule has 2 aromatic rings. The van der Waals surface area contributed by atoms with E-state index in [1.807, 2.05) is 36.4 Å². The van der Waals surface area contributed by atoms with Crippen LogP contribution in [-0.2, 0) is 0 Å². The van der Waals surface area contributed by atoms with Crippen LogP contribution in [0.2, 0.25) is 0 Å². The minimum atomic E-state index is -0.00912. The maximum atomic E-state index is 12.5. The molecular weight excluding hydrogens is 262 g/mol. The van der Waals surface area contributed by atoms with Crippen molar-refractivity contribution in [3.63, 3.8) is 0 Å². The van der Waals surface area contributed by atoms with Crippen molar-refractivity contribution < 1.29 is 4.79 Å². The quantitative estimate of drug-likeness (QED) is 0.916. The number of aromatic nitrogens is 2. The van der Waals surface area contributed by atoms with Gasteiger partial charge in [0.2, 0.25) is 0 Å². The molecule has 4 rings (SSSR count). The first-order valence-corrected chi connectivity index (χ1v) is 7.75. The Kier molecular flexibility index (Phi) is 3.02. The monoisotopic (exact) mass is 281 g/mol. The molecular formula is C17H19N3O. The minimum Gasteiger partial charge on any atom is -0.350 e. The SMILES string of the molecule is O=C(NCC1CC1)c1cc(C2CC2)nn1-c1ccccc1. The number of rotatable bonds is 5. The van der Waals surface area contributed by atoms with E-state index in [2.05, 4.69) is 10.4 Å². The van der Waals surface area contributed by atoms with E-state index in [9.17, 15) is 4.79 Å². The van der Waals surface area contributed by atoms with Crippen molar-refractivity contribution in [1.82, 2.24) is 15.1 Å². The van der Waals surface area contributed by atoms with E-state index in [-0.39, 0.29) is 5.91 Å². The van der Waals surface area contributed by atoms with Crippen molar-refractivity contribution in [1.29, 1.82) is 0 Å². The highest BCUT2D eigenvalue weighted by atomic mass is 16.2. The third-order valence-corrected chi connectivity index (χ3v) is 4.21. The van der Waals surface area contributed by atoms with Gasteiger partial charge in [-0.3, -0.25) is 4.79 Å². The summed E-state index contributed by atoms with van der Waals surface area (Å²) < 4.78 is 1.79. The summed E-state index contributed by atoms with van der Waals surface area (Å²) in [6.45, 7) is 0.789. The molecule has 0 saturated heterocycles. The first-order valence-electron chi connectivity index (χ1n) is 7.75. The Hall–Kier alpha value is -2.10. The topological polar surface area (TPSA) is 46.9 Å². The van der Waals surface area contributed by atoms with Crippen molar-refractivity contribution in [3.05, 3.63) is 47.8 Å². The molecule has 2 saturated carbocycles. The third kappa shape index (κ3) is 2.71. The first kappa shape index (κ1) is 12.6. The zero-order valence-corrected chi connectivity index (χ0v) is 12.0. The van der Waals surface area contributed by atoms with Gasteiger partial charge in [0.05, 0.1) is 11.4 Å². The molecule has 1 heterocycles. The van der Waals surface area contributed by atoms with Crippen LogP contribution in [0.15, 0.2) is 36.4 Å². The van der Waals surface area contributed by atoms with Crippen molar-refractivity contribution >= 4 is 5.91 Å². The Morgan fingerprint density at radius 2 is 1.95 bits per heavy atom. The highest BCUT2D eigenvalue weighted by molar-refractivity contribution is 5.93. The fourth-order valence-electron chi connectivity index (χ4n) is 2.56. The molecule has 0 unspecified atom stereocenters. The molecule has 21 heavy (non-hydrogen) atoms. The number of nitrogens with zero attached hydrogens (tertiary/aromatic N) is 2. The van der Waals surface area contributed by atoms with E-state index >= 15 is 0 Å². The van der Waals surface area contributed by atoms with E-state index in [0.717, 1.165) is 17.9 Å². The van der Waals surface area contributed by atoms with Crippen LogP contribution in [0.1, 0.15) is 47.8 Å². The predicted octanol–water partition coefficient (Wildman–Crippen LogP) is 2.89. The number of hydrogen-bond donors (Lipinski definition) is 1. The van der Waals surface area contributed by atoms with Crippen LogP contribution in [0.4, 0.5) is 0 Å². The summed E-state index contributed by atoms with van der Waals surface area (Å²) >= 11 is 0. The summed E-state index contributed by atoms with van der Waals surface area (Å²) in [5, 5.41) is 7.71. The molecule has 1 aromatic carbocycles. The molecule has 4 nitrogen and oxygen atoms in total. The number of nitrogens with one attached hydrogen (secondary N) is 1. The van der Waals surface area contributed by atoms with Gasteiger partial charge in [-0.15, -0.1) is 0 Å². The van der Waals surface area contributed by atoms with E-state index in [0.29, 0.717) is 17.5 Å². The fraction of sp³-hybridized carbons (Fsp3) is 0.412. The highest BCUT2D eigenvalue weighted by Crippen LogP contribution is 2.39. The zero-order valence-electron chi connectivity index (χ0n) is 12.0. The van der Waals surface area contributed by atoms with E-state index in [4.69, 9.17) is 0 Å². The van der Waals surface area contributed by atoms with Crippen LogP contribution in [0.3, 0.4) is 0 Å². The van der Waals surface area contributed by atoms with Gasteiger partial charge in [-0.25, -0.2) is 4.68 Å². The van der Waals surface area contributed by atoms with Gasteiger partial charge in [-0.2, -0.15) is 5.10 Å². The summed E-state index contributed by atoms with van der Waals surface area (Å²) in [6.07, 6.45) is 4.86. The summed E-state index contributed by atoms with van der Waals surface area (Å²) in [4.78, 5) is 12.5. The lowest BCUT2D eigenvalue weighted by Gasteiger charge is -2.07. The predicted molar refractivity (Wildman–Crippen MR) is 80.6 cm³/mol. The molecule has 1 aromatic heterocycles. The van der Waals surface area contributed by atoms with E-state index in [1.54, 1.807) is 4.68 Å². The average Bonchev–Trinajstić information content (AvgIpc) is 3.44. The van der Waals surface area contributed by atoms with Crippen LogP contribution >= 0.6 is 0 Å². The van der Waals surface area contributed by atoms with Crippen LogP contribution < -0.4 is 5.32 Å². The molecule has 4 heteroatoms. The van der Waals surface area contributed by atoms with Gasteiger partial charge in [-0.05, 0) is 49.8 Å². The molecule has 2 aliphatic rings. The number of para-hydroxylation sites is 1. The normalized spacial score (nSPS) is 17.7.